The molecular weight excluding hydrogens is 110 g/mol. The molecule has 1 nitrogen and oxygen atoms in total. The van der Waals surface area contributed by atoms with Crippen LogP contribution in [0, 0.1) is 0 Å². The van der Waals surface area contributed by atoms with Crippen LogP contribution in [0.3, 0.4) is 0 Å². The molecule has 0 amide bonds. The van der Waals surface area contributed by atoms with Crippen LogP contribution in [0.2, 0.25) is 0 Å². The summed E-state index contributed by atoms with van der Waals surface area (Å²) >= 11 is 5.47. The predicted molar refractivity (Wildman–Crippen MR) is 33.9 cm³/mol. The van der Waals surface area contributed by atoms with Crippen molar-refractivity contribution in [2.45, 2.75) is 19.9 Å². The summed E-state index contributed by atoms with van der Waals surface area (Å²) in [6, 6.07) is 0.465. The van der Waals surface area contributed by atoms with Gasteiger partial charge in [-0.25, -0.2) is 0 Å². The van der Waals surface area contributed by atoms with Gasteiger partial charge in [0, 0.05) is 11.9 Å². The lowest BCUT2D eigenvalue weighted by molar-refractivity contribution is 0.617. The Labute approximate surface area is 50.1 Å². The van der Waals surface area contributed by atoms with Crippen LogP contribution < -0.4 is 5.32 Å². The van der Waals surface area contributed by atoms with E-state index in [1.165, 1.54) is 0 Å². The van der Waals surface area contributed by atoms with Crippen molar-refractivity contribution in [3.63, 3.8) is 0 Å². The number of hydrogen-bond acceptors (Lipinski definition) is 1. The number of rotatable bonds is 3. The first-order valence-corrected chi connectivity index (χ1v) is 3.14. The van der Waals surface area contributed by atoms with Gasteiger partial charge in [0.1, 0.15) is 0 Å². The van der Waals surface area contributed by atoms with Crippen LogP contribution in [0.25, 0.3) is 0 Å². The Morgan fingerprint density at radius 3 is 2.43 bits per heavy atom. The lowest BCUT2D eigenvalue weighted by Gasteiger charge is -2.05. The molecule has 0 aromatic carbocycles. The molecule has 0 aliphatic heterocycles. The Kier molecular flexibility index (Phi) is 4.57. The average Bonchev–Trinajstić information content (AvgIpc) is 1.68. The molecule has 0 bridgehead atoms. The second kappa shape index (κ2) is 4.41. The summed E-state index contributed by atoms with van der Waals surface area (Å²) in [7, 11) is 0. The van der Waals surface area contributed by atoms with Crippen molar-refractivity contribution in [3.05, 3.63) is 0 Å². The summed E-state index contributed by atoms with van der Waals surface area (Å²) in [6.45, 7) is 5.15. The van der Waals surface area contributed by atoms with Gasteiger partial charge in [-0.2, -0.15) is 0 Å². The van der Waals surface area contributed by atoms with Crippen molar-refractivity contribution < 1.29 is 0 Å². The largest absolute Gasteiger partial charge is 0.313 e. The van der Waals surface area contributed by atoms with E-state index in [0.717, 1.165) is 6.54 Å². The SMILES string of the molecule is CCNC(C)CCl. The summed E-state index contributed by atoms with van der Waals surface area (Å²) < 4.78 is 0. The third kappa shape index (κ3) is 4.10. The number of alkyl halides is 1. The van der Waals surface area contributed by atoms with Gasteiger partial charge >= 0.3 is 0 Å². The highest BCUT2D eigenvalue weighted by molar-refractivity contribution is 6.18. The lowest BCUT2D eigenvalue weighted by atomic mass is 10.4. The minimum atomic E-state index is 0.465. The zero-order valence-electron chi connectivity index (χ0n) is 4.87. The van der Waals surface area contributed by atoms with Gasteiger partial charge < -0.3 is 5.32 Å². The smallest absolute Gasteiger partial charge is 0.0374 e. The summed E-state index contributed by atoms with van der Waals surface area (Å²) in [6.07, 6.45) is 0. The Morgan fingerprint density at radius 2 is 2.29 bits per heavy atom. The van der Waals surface area contributed by atoms with Crippen LogP contribution in [-0.2, 0) is 0 Å². The first-order chi connectivity index (χ1) is 3.31. The maximum absolute atomic E-state index is 5.47. The summed E-state index contributed by atoms with van der Waals surface area (Å²) in [5.74, 6) is 0.702. The molecule has 0 heterocycles. The van der Waals surface area contributed by atoms with Gasteiger partial charge in [0.05, 0.1) is 0 Å². The standard InChI is InChI=1S/C5H12ClN/c1-3-7-5(2)4-6/h5,7H,3-4H2,1-2H3. The monoisotopic (exact) mass is 121 g/mol. The Bertz CT molecular complexity index is 39.1. The average molecular weight is 122 g/mol. The quantitative estimate of drug-likeness (QED) is 0.554. The first kappa shape index (κ1) is 7.25. The number of nitrogens with one attached hydrogen (secondary N) is 1. The van der Waals surface area contributed by atoms with Gasteiger partial charge in [0.25, 0.3) is 0 Å². The van der Waals surface area contributed by atoms with Crippen molar-refractivity contribution in [1.82, 2.24) is 5.32 Å². The van der Waals surface area contributed by atoms with E-state index in [1.807, 2.05) is 0 Å². The van der Waals surface area contributed by atoms with Gasteiger partial charge in [0.2, 0.25) is 0 Å². The van der Waals surface area contributed by atoms with Crippen molar-refractivity contribution >= 4 is 11.6 Å². The topological polar surface area (TPSA) is 12.0 Å². The van der Waals surface area contributed by atoms with Crippen LogP contribution in [0.5, 0.6) is 0 Å². The maximum Gasteiger partial charge on any atom is 0.0374 e. The summed E-state index contributed by atoms with van der Waals surface area (Å²) in [5, 5.41) is 3.16. The van der Waals surface area contributed by atoms with Crippen LogP contribution in [0.15, 0.2) is 0 Å². The van der Waals surface area contributed by atoms with Crippen LogP contribution in [0.4, 0.5) is 0 Å². The molecule has 0 fully saturated rings. The lowest BCUT2D eigenvalue weighted by Crippen LogP contribution is -2.26. The summed E-state index contributed by atoms with van der Waals surface area (Å²) in [4.78, 5) is 0. The number of hydrogen-bond donors (Lipinski definition) is 1. The van der Waals surface area contributed by atoms with E-state index in [9.17, 15) is 0 Å². The molecule has 44 valence electrons. The van der Waals surface area contributed by atoms with E-state index in [4.69, 9.17) is 11.6 Å². The van der Waals surface area contributed by atoms with Gasteiger partial charge in [-0.05, 0) is 13.5 Å². The van der Waals surface area contributed by atoms with Crippen molar-refractivity contribution in [2.24, 2.45) is 0 Å². The molecule has 0 rings (SSSR count). The van der Waals surface area contributed by atoms with Crippen LogP contribution >= 0.6 is 11.6 Å². The Balaban J connectivity index is 2.83. The molecule has 0 spiro atoms. The van der Waals surface area contributed by atoms with Crippen LogP contribution in [0.1, 0.15) is 13.8 Å². The second-order valence-corrected chi connectivity index (χ2v) is 1.92. The fourth-order valence-electron chi connectivity index (χ4n) is 0.403. The molecule has 1 N–H and O–H groups in total. The molecule has 0 saturated carbocycles. The van der Waals surface area contributed by atoms with E-state index >= 15 is 0 Å². The molecule has 0 aromatic rings. The van der Waals surface area contributed by atoms with Gasteiger partial charge in [-0.15, -0.1) is 11.6 Å². The first-order valence-electron chi connectivity index (χ1n) is 2.60. The molecule has 0 aromatic heterocycles. The molecule has 0 saturated heterocycles. The maximum atomic E-state index is 5.47. The minimum absolute atomic E-state index is 0.465. The van der Waals surface area contributed by atoms with E-state index in [-0.39, 0.29) is 0 Å². The zero-order valence-corrected chi connectivity index (χ0v) is 5.63. The molecule has 0 aliphatic rings. The second-order valence-electron chi connectivity index (χ2n) is 1.61. The normalized spacial score (nSPS) is 14.1. The predicted octanol–water partition coefficient (Wildman–Crippen LogP) is 1.22. The fraction of sp³-hybridized carbons (Fsp3) is 1.00. The molecule has 1 unspecified atom stereocenters. The highest BCUT2D eigenvalue weighted by Crippen LogP contribution is 1.82. The van der Waals surface area contributed by atoms with E-state index in [0.29, 0.717) is 11.9 Å². The molecular formula is C5H12ClN. The van der Waals surface area contributed by atoms with Crippen molar-refractivity contribution in [3.8, 4) is 0 Å². The molecule has 2 heteroatoms. The fourth-order valence-corrected chi connectivity index (χ4v) is 0.512. The van der Waals surface area contributed by atoms with E-state index < -0.39 is 0 Å². The third-order valence-electron chi connectivity index (χ3n) is 0.784. The molecule has 0 aliphatic carbocycles. The molecule has 0 radical (unpaired) electrons. The van der Waals surface area contributed by atoms with Crippen LogP contribution in [-0.4, -0.2) is 18.5 Å². The Hall–Kier alpha value is 0.250. The van der Waals surface area contributed by atoms with Gasteiger partial charge in [-0.3, -0.25) is 0 Å². The highest BCUT2D eigenvalue weighted by atomic mass is 35.5. The third-order valence-corrected chi connectivity index (χ3v) is 1.25. The van der Waals surface area contributed by atoms with Gasteiger partial charge in [-0.1, -0.05) is 6.92 Å². The molecule has 7 heavy (non-hydrogen) atoms. The molecule has 1 atom stereocenters. The van der Waals surface area contributed by atoms with E-state index in [1.54, 1.807) is 0 Å². The number of halogens is 1. The zero-order chi connectivity index (χ0) is 5.70. The Morgan fingerprint density at radius 1 is 1.71 bits per heavy atom. The highest BCUT2D eigenvalue weighted by Gasteiger charge is 1.91. The summed E-state index contributed by atoms with van der Waals surface area (Å²) in [5.41, 5.74) is 0. The minimum Gasteiger partial charge on any atom is -0.313 e. The van der Waals surface area contributed by atoms with Gasteiger partial charge in [0.15, 0.2) is 0 Å². The van der Waals surface area contributed by atoms with E-state index in [2.05, 4.69) is 19.2 Å². The van der Waals surface area contributed by atoms with Crippen molar-refractivity contribution in [1.29, 1.82) is 0 Å². The van der Waals surface area contributed by atoms with Crippen molar-refractivity contribution in [2.75, 3.05) is 12.4 Å².